The molecule has 3 rings (SSSR count). The maximum atomic E-state index is 12.6. The van der Waals surface area contributed by atoms with Crippen LogP contribution in [0.15, 0.2) is 42.6 Å². The van der Waals surface area contributed by atoms with Crippen molar-refractivity contribution >= 4 is 17.4 Å². The standard InChI is InChI=1S/C18H21N3O/c1-12(2)14-6-3-4-8-16(14)21-18(22)15-7-5-11-19-17(15)20-13-9-10-13/h3-8,11-13H,9-10H2,1-2H3,(H,19,20)(H,21,22). The summed E-state index contributed by atoms with van der Waals surface area (Å²) < 4.78 is 0. The summed E-state index contributed by atoms with van der Waals surface area (Å²) in [6.07, 6.45) is 4.01. The fraction of sp³-hybridized carbons (Fsp3) is 0.333. The van der Waals surface area contributed by atoms with Gasteiger partial charge in [-0.05, 0) is 42.5 Å². The summed E-state index contributed by atoms with van der Waals surface area (Å²) in [5.74, 6) is 0.906. The normalized spacial score (nSPS) is 14.0. The molecule has 1 amide bonds. The lowest BCUT2D eigenvalue weighted by Crippen LogP contribution is -2.17. The van der Waals surface area contributed by atoms with Gasteiger partial charge in [-0.2, -0.15) is 0 Å². The molecule has 0 radical (unpaired) electrons. The molecule has 0 spiro atoms. The van der Waals surface area contributed by atoms with E-state index in [9.17, 15) is 4.79 Å². The van der Waals surface area contributed by atoms with Gasteiger partial charge in [-0.3, -0.25) is 4.79 Å². The highest BCUT2D eigenvalue weighted by molar-refractivity contribution is 6.07. The topological polar surface area (TPSA) is 54.0 Å². The average molecular weight is 295 g/mol. The van der Waals surface area contributed by atoms with Gasteiger partial charge in [0.05, 0.1) is 5.56 Å². The third kappa shape index (κ3) is 3.27. The Balaban J connectivity index is 1.83. The van der Waals surface area contributed by atoms with Crippen LogP contribution in [0.25, 0.3) is 0 Å². The van der Waals surface area contributed by atoms with Crippen molar-refractivity contribution in [2.75, 3.05) is 10.6 Å². The first kappa shape index (κ1) is 14.6. The largest absolute Gasteiger partial charge is 0.367 e. The SMILES string of the molecule is CC(C)c1ccccc1NC(=O)c1cccnc1NC1CC1. The lowest BCUT2D eigenvalue weighted by molar-refractivity contribution is 0.102. The van der Waals surface area contributed by atoms with E-state index >= 15 is 0 Å². The summed E-state index contributed by atoms with van der Waals surface area (Å²) >= 11 is 0. The molecule has 4 heteroatoms. The summed E-state index contributed by atoms with van der Waals surface area (Å²) in [6.45, 7) is 4.24. The van der Waals surface area contributed by atoms with Crippen LogP contribution in [0.4, 0.5) is 11.5 Å². The highest BCUT2D eigenvalue weighted by Gasteiger charge is 2.24. The number of hydrogen-bond acceptors (Lipinski definition) is 3. The minimum absolute atomic E-state index is 0.121. The van der Waals surface area contributed by atoms with E-state index < -0.39 is 0 Å². The number of para-hydroxylation sites is 1. The zero-order valence-corrected chi connectivity index (χ0v) is 13.0. The van der Waals surface area contributed by atoms with Crippen molar-refractivity contribution in [1.82, 2.24) is 4.98 Å². The molecule has 2 N–H and O–H groups in total. The molecule has 114 valence electrons. The number of benzene rings is 1. The first-order valence-corrected chi connectivity index (χ1v) is 7.77. The molecule has 1 heterocycles. The van der Waals surface area contributed by atoms with Crippen molar-refractivity contribution in [2.24, 2.45) is 0 Å². The molecule has 1 fully saturated rings. The minimum Gasteiger partial charge on any atom is -0.367 e. The van der Waals surface area contributed by atoms with Gasteiger partial charge < -0.3 is 10.6 Å². The van der Waals surface area contributed by atoms with Gasteiger partial charge in [0.25, 0.3) is 5.91 Å². The zero-order valence-electron chi connectivity index (χ0n) is 13.0. The fourth-order valence-corrected chi connectivity index (χ4v) is 2.43. The molecular formula is C18H21N3O. The van der Waals surface area contributed by atoms with Crippen LogP contribution >= 0.6 is 0 Å². The predicted molar refractivity (Wildman–Crippen MR) is 89.4 cm³/mol. The second-order valence-corrected chi connectivity index (χ2v) is 6.01. The Morgan fingerprint density at radius 3 is 2.68 bits per heavy atom. The number of amides is 1. The van der Waals surface area contributed by atoms with Crippen LogP contribution in [-0.2, 0) is 0 Å². The van der Waals surface area contributed by atoms with E-state index in [0.717, 1.165) is 24.1 Å². The number of carbonyl (C=O) groups excluding carboxylic acids is 1. The minimum atomic E-state index is -0.121. The van der Waals surface area contributed by atoms with Crippen LogP contribution in [0.5, 0.6) is 0 Å². The number of hydrogen-bond donors (Lipinski definition) is 2. The van der Waals surface area contributed by atoms with Gasteiger partial charge in [0.2, 0.25) is 0 Å². The van der Waals surface area contributed by atoms with E-state index in [1.807, 2.05) is 30.3 Å². The van der Waals surface area contributed by atoms with Crippen molar-refractivity contribution in [3.63, 3.8) is 0 Å². The van der Waals surface area contributed by atoms with E-state index in [-0.39, 0.29) is 5.91 Å². The Kier molecular flexibility index (Phi) is 4.09. The molecule has 1 aromatic heterocycles. The molecule has 4 nitrogen and oxygen atoms in total. The maximum Gasteiger partial charge on any atom is 0.259 e. The molecule has 0 unspecified atom stereocenters. The lowest BCUT2D eigenvalue weighted by Gasteiger charge is -2.15. The second-order valence-electron chi connectivity index (χ2n) is 6.01. The van der Waals surface area contributed by atoms with Gasteiger partial charge in [-0.25, -0.2) is 4.98 Å². The Morgan fingerprint density at radius 2 is 1.95 bits per heavy atom. The lowest BCUT2D eigenvalue weighted by atomic mass is 10.0. The van der Waals surface area contributed by atoms with Gasteiger partial charge in [-0.1, -0.05) is 32.0 Å². The quantitative estimate of drug-likeness (QED) is 0.875. The molecule has 0 atom stereocenters. The van der Waals surface area contributed by atoms with Crippen molar-refractivity contribution in [2.45, 2.75) is 38.6 Å². The number of nitrogens with zero attached hydrogens (tertiary/aromatic N) is 1. The Morgan fingerprint density at radius 1 is 1.18 bits per heavy atom. The van der Waals surface area contributed by atoms with E-state index in [1.165, 1.54) is 0 Å². The molecule has 1 aliphatic rings. The fourth-order valence-electron chi connectivity index (χ4n) is 2.43. The van der Waals surface area contributed by atoms with Gasteiger partial charge in [0, 0.05) is 17.9 Å². The number of aromatic nitrogens is 1. The van der Waals surface area contributed by atoms with Crippen LogP contribution in [0.3, 0.4) is 0 Å². The van der Waals surface area contributed by atoms with Gasteiger partial charge in [0.1, 0.15) is 5.82 Å². The third-order valence-electron chi connectivity index (χ3n) is 3.80. The molecule has 0 bridgehead atoms. The summed E-state index contributed by atoms with van der Waals surface area (Å²) in [6, 6.07) is 12.0. The summed E-state index contributed by atoms with van der Waals surface area (Å²) in [5.41, 5.74) is 2.59. The van der Waals surface area contributed by atoms with Gasteiger partial charge in [-0.15, -0.1) is 0 Å². The van der Waals surface area contributed by atoms with E-state index in [2.05, 4.69) is 29.5 Å². The van der Waals surface area contributed by atoms with Crippen LogP contribution in [0.2, 0.25) is 0 Å². The van der Waals surface area contributed by atoms with Crippen LogP contribution in [0, 0.1) is 0 Å². The second kappa shape index (κ2) is 6.18. The molecule has 2 aromatic rings. The summed E-state index contributed by atoms with van der Waals surface area (Å²) in [7, 11) is 0. The molecule has 1 aliphatic carbocycles. The summed E-state index contributed by atoms with van der Waals surface area (Å²) in [4.78, 5) is 16.9. The van der Waals surface area contributed by atoms with E-state index in [1.54, 1.807) is 12.3 Å². The van der Waals surface area contributed by atoms with E-state index in [4.69, 9.17) is 0 Å². The first-order chi connectivity index (χ1) is 10.6. The van der Waals surface area contributed by atoms with Crippen LogP contribution in [-0.4, -0.2) is 16.9 Å². The zero-order chi connectivity index (χ0) is 15.5. The number of carbonyl (C=O) groups is 1. The van der Waals surface area contributed by atoms with Gasteiger partial charge >= 0.3 is 0 Å². The molecule has 0 saturated heterocycles. The van der Waals surface area contributed by atoms with Crippen molar-refractivity contribution in [3.05, 3.63) is 53.7 Å². The highest BCUT2D eigenvalue weighted by Crippen LogP contribution is 2.27. The Labute approximate surface area is 131 Å². The maximum absolute atomic E-state index is 12.6. The van der Waals surface area contributed by atoms with Crippen molar-refractivity contribution in [1.29, 1.82) is 0 Å². The number of rotatable bonds is 5. The predicted octanol–water partition coefficient (Wildman–Crippen LogP) is 4.03. The summed E-state index contributed by atoms with van der Waals surface area (Å²) in [5, 5.41) is 6.34. The molecule has 0 aliphatic heterocycles. The molecule has 1 aromatic carbocycles. The number of nitrogens with one attached hydrogen (secondary N) is 2. The Hall–Kier alpha value is -2.36. The van der Waals surface area contributed by atoms with Crippen molar-refractivity contribution < 1.29 is 4.79 Å². The number of anilines is 2. The smallest absolute Gasteiger partial charge is 0.259 e. The molecule has 22 heavy (non-hydrogen) atoms. The van der Waals surface area contributed by atoms with Gasteiger partial charge in [0.15, 0.2) is 0 Å². The first-order valence-electron chi connectivity index (χ1n) is 7.77. The molecular weight excluding hydrogens is 274 g/mol. The monoisotopic (exact) mass is 295 g/mol. The molecule has 1 saturated carbocycles. The van der Waals surface area contributed by atoms with Crippen LogP contribution < -0.4 is 10.6 Å². The van der Waals surface area contributed by atoms with Crippen molar-refractivity contribution in [3.8, 4) is 0 Å². The Bertz CT molecular complexity index is 678. The average Bonchev–Trinajstić information content (AvgIpc) is 3.32. The van der Waals surface area contributed by atoms with E-state index in [0.29, 0.717) is 23.3 Å². The highest BCUT2D eigenvalue weighted by atomic mass is 16.1. The van der Waals surface area contributed by atoms with Crippen LogP contribution in [0.1, 0.15) is 48.5 Å². The number of pyridine rings is 1. The third-order valence-corrected chi connectivity index (χ3v) is 3.80.